The zero-order valence-corrected chi connectivity index (χ0v) is 17.6. The second-order valence-corrected chi connectivity index (χ2v) is 8.34. The second-order valence-electron chi connectivity index (χ2n) is 6.22. The summed E-state index contributed by atoms with van der Waals surface area (Å²) in [5.41, 5.74) is 4.27. The van der Waals surface area contributed by atoms with Crippen molar-refractivity contribution in [3.05, 3.63) is 81.9 Å². The number of nitrogens with zero attached hydrogens (tertiary/aromatic N) is 1. The number of thiocarbonyl (C=S) groups is 1. The Morgan fingerprint density at radius 2 is 1.93 bits per heavy atom. The summed E-state index contributed by atoms with van der Waals surface area (Å²) in [4.78, 5) is 24.3. The highest BCUT2D eigenvalue weighted by Crippen LogP contribution is 2.34. The van der Waals surface area contributed by atoms with E-state index in [0.717, 1.165) is 17.3 Å². The van der Waals surface area contributed by atoms with Gasteiger partial charge in [-0.15, -0.1) is 0 Å². The van der Waals surface area contributed by atoms with Crippen LogP contribution < -0.4 is 5.43 Å². The van der Waals surface area contributed by atoms with Crippen molar-refractivity contribution < 1.29 is 19.1 Å². The number of rotatable bonds is 5. The maximum Gasteiger partial charge on any atom is 0.335 e. The summed E-state index contributed by atoms with van der Waals surface area (Å²) in [5.74, 6) is -0.251. The first-order chi connectivity index (χ1) is 14.4. The molecule has 0 bridgehead atoms. The molecule has 6 nitrogen and oxygen atoms in total. The number of amides is 1. The van der Waals surface area contributed by atoms with Crippen LogP contribution in [0.1, 0.15) is 16.1 Å². The molecule has 30 heavy (non-hydrogen) atoms. The first kappa shape index (κ1) is 20.2. The Morgan fingerprint density at radius 3 is 2.67 bits per heavy atom. The number of halogens is 1. The number of anilines is 1. The molecule has 1 aliphatic heterocycles. The van der Waals surface area contributed by atoms with Gasteiger partial charge >= 0.3 is 5.97 Å². The summed E-state index contributed by atoms with van der Waals surface area (Å²) in [7, 11) is 0. The van der Waals surface area contributed by atoms with Crippen LogP contribution in [-0.2, 0) is 4.79 Å². The second kappa shape index (κ2) is 8.35. The summed E-state index contributed by atoms with van der Waals surface area (Å²) >= 11 is 12.3. The number of carbonyl (C=O) groups excluding carboxylic acids is 1. The van der Waals surface area contributed by atoms with Gasteiger partial charge in [0.2, 0.25) is 0 Å². The molecule has 2 heterocycles. The maximum atomic E-state index is 12.8. The largest absolute Gasteiger partial charge is 0.478 e. The normalized spacial score (nSPS) is 15.1. The number of hydrazine groups is 1. The van der Waals surface area contributed by atoms with Gasteiger partial charge in [-0.1, -0.05) is 29.4 Å². The Bertz CT molecular complexity index is 1190. The van der Waals surface area contributed by atoms with Gasteiger partial charge in [-0.05, 0) is 66.8 Å². The molecule has 0 unspecified atom stereocenters. The molecular weight excluding hydrogens is 444 g/mol. The highest BCUT2D eigenvalue weighted by Gasteiger charge is 2.33. The van der Waals surface area contributed by atoms with Crippen LogP contribution in [0, 0.1) is 0 Å². The first-order valence-corrected chi connectivity index (χ1v) is 10.2. The minimum Gasteiger partial charge on any atom is -0.478 e. The Labute approximate surface area is 186 Å². The molecule has 1 saturated heterocycles. The molecule has 2 N–H and O–H groups in total. The molecule has 1 amide bonds. The average molecular weight is 457 g/mol. The van der Waals surface area contributed by atoms with Gasteiger partial charge in [-0.3, -0.25) is 10.2 Å². The highest BCUT2D eigenvalue weighted by atomic mass is 35.5. The molecule has 0 aliphatic carbocycles. The number of benzene rings is 2. The van der Waals surface area contributed by atoms with Crippen LogP contribution in [-0.4, -0.2) is 26.3 Å². The Morgan fingerprint density at radius 1 is 1.17 bits per heavy atom. The lowest BCUT2D eigenvalue weighted by atomic mass is 10.2. The van der Waals surface area contributed by atoms with Gasteiger partial charge in [0.25, 0.3) is 5.91 Å². The number of thioether (sulfide) groups is 1. The van der Waals surface area contributed by atoms with E-state index in [2.05, 4.69) is 5.43 Å². The predicted molar refractivity (Wildman–Crippen MR) is 121 cm³/mol. The maximum absolute atomic E-state index is 12.8. The van der Waals surface area contributed by atoms with Crippen LogP contribution in [0.25, 0.3) is 17.4 Å². The number of hydrogen-bond acceptors (Lipinski definition) is 6. The van der Waals surface area contributed by atoms with Crippen LogP contribution in [0.2, 0.25) is 5.02 Å². The Hall–Kier alpha value is -3.07. The molecular formula is C21H13ClN2O4S2. The van der Waals surface area contributed by atoms with E-state index in [-0.39, 0.29) is 11.5 Å². The van der Waals surface area contributed by atoms with E-state index in [1.54, 1.807) is 36.4 Å². The van der Waals surface area contributed by atoms with Crippen molar-refractivity contribution in [3.63, 3.8) is 0 Å². The van der Waals surface area contributed by atoms with Gasteiger partial charge in [0, 0.05) is 16.7 Å². The minimum atomic E-state index is -1.06. The van der Waals surface area contributed by atoms with Gasteiger partial charge in [-0.25, -0.2) is 9.80 Å². The fourth-order valence-electron chi connectivity index (χ4n) is 2.74. The standard InChI is InChI=1S/C21H13ClN2O4S2/c22-14-6-4-12(5-7-14)17-9-8-16(28-17)11-18-19(25)24(21(29)30-18)23-15-3-1-2-13(10-15)20(26)27/h1-11,23H,(H,26,27)/b18-11+. The van der Waals surface area contributed by atoms with Crippen molar-refractivity contribution >= 4 is 63.5 Å². The van der Waals surface area contributed by atoms with Crippen LogP contribution >= 0.6 is 35.6 Å². The summed E-state index contributed by atoms with van der Waals surface area (Å²) < 4.78 is 6.12. The molecule has 0 spiro atoms. The fourth-order valence-corrected chi connectivity index (χ4v) is 4.03. The smallest absolute Gasteiger partial charge is 0.335 e. The summed E-state index contributed by atoms with van der Waals surface area (Å²) in [6.45, 7) is 0. The highest BCUT2D eigenvalue weighted by molar-refractivity contribution is 8.26. The molecule has 1 aliphatic rings. The quantitative estimate of drug-likeness (QED) is 0.386. The van der Waals surface area contributed by atoms with E-state index >= 15 is 0 Å². The number of carboxylic acids is 1. The number of aromatic carboxylic acids is 1. The van der Waals surface area contributed by atoms with E-state index in [4.69, 9.17) is 33.3 Å². The molecule has 0 radical (unpaired) electrons. The number of carboxylic acid groups (broad SMARTS) is 1. The van der Waals surface area contributed by atoms with Crippen molar-refractivity contribution in [2.24, 2.45) is 0 Å². The molecule has 150 valence electrons. The van der Waals surface area contributed by atoms with E-state index in [0.29, 0.717) is 31.5 Å². The molecule has 3 aromatic rings. The van der Waals surface area contributed by atoms with Gasteiger partial charge in [0.15, 0.2) is 4.32 Å². The molecule has 0 atom stereocenters. The van der Waals surface area contributed by atoms with Crippen LogP contribution in [0.5, 0.6) is 0 Å². The molecule has 2 aromatic carbocycles. The van der Waals surface area contributed by atoms with Crippen LogP contribution in [0.4, 0.5) is 5.69 Å². The monoisotopic (exact) mass is 456 g/mol. The van der Waals surface area contributed by atoms with Gasteiger partial charge in [-0.2, -0.15) is 0 Å². The third kappa shape index (κ3) is 4.25. The zero-order chi connectivity index (χ0) is 21.3. The van der Waals surface area contributed by atoms with Gasteiger partial charge in [0.05, 0.1) is 16.2 Å². The van der Waals surface area contributed by atoms with Crippen molar-refractivity contribution in [2.75, 3.05) is 5.43 Å². The average Bonchev–Trinajstić information content (AvgIpc) is 3.29. The summed E-state index contributed by atoms with van der Waals surface area (Å²) in [6, 6.07) is 16.9. The molecule has 4 rings (SSSR count). The fraction of sp³-hybridized carbons (Fsp3) is 0. The van der Waals surface area contributed by atoms with Crippen molar-refractivity contribution in [1.29, 1.82) is 0 Å². The molecule has 1 fully saturated rings. The third-order valence-electron chi connectivity index (χ3n) is 4.17. The van der Waals surface area contributed by atoms with E-state index in [1.807, 2.05) is 18.2 Å². The third-order valence-corrected chi connectivity index (χ3v) is 5.73. The van der Waals surface area contributed by atoms with E-state index in [9.17, 15) is 9.59 Å². The summed E-state index contributed by atoms with van der Waals surface area (Å²) in [6.07, 6.45) is 1.62. The predicted octanol–water partition coefficient (Wildman–Crippen LogP) is 5.53. The topological polar surface area (TPSA) is 82.8 Å². The Kier molecular flexibility index (Phi) is 5.63. The number of furan rings is 1. The van der Waals surface area contributed by atoms with Crippen LogP contribution in [0.3, 0.4) is 0 Å². The lowest BCUT2D eigenvalue weighted by Gasteiger charge is -2.17. The minimum absolute atomic E-state index is 0.103. The SMILES string of the molecule is O=C(O)c1cccc(NN2C(=O)/C(=C\c3ccc(-c4ccc(Cl)cc4)o3)SC2=S)c1. The van der Waals surface area contributed by atoms with Gasteiger partial charge < -0.3 is 9.52 Å². The molecule has 9 heteroatoms. The zero-order valence-electron chi connectivity index (χ0n) is 15.2. The van der Waals surface area contributed by atoms with Crippen molar-refractivity contribution in [2.45, 2.75) is 0 Å². The van der Waals surface area contributed by atoms with E-state index in [1.165, 1.54) is 17.1 Å². The Balaban J connectivity index is 1.52. The number of hydrogen-bond donors (Lipinski definition) is 2. The first-order valence-electron chi connectivity index (χ1n) is 8.64. The number of carbonyl (C=O) groups is 2. The molecule has 0 saturated carbocycles. The lowest BCUT2D eigenvalue weighted by Crippen LogP contribution is -2.33. The summed E-state index contributed by atoms with van der Waals surface area (Å²) in [5, 5.41) is 11.0. The van der Waals surface area contributed by atoms with Crippen LogP contribution in [0.15, 0.2) is 70.0 Å². The van der Waals surface area contributed by atoms with E-state index < -0.39 is 5.97 Å². The van der Waals surface area contributed by atoms with Gasteiger partial charge in [0.1, 0.15) is 11.5 Å². The number of nitrogens with one attached hydrogen (secondary N) is 1. The van der Waals surface area contributed by atoms with Crippen molar-refractivity contribution in [3.8, 4) is 11.3 Å². The molecule has 1 aromatic heterocycles. The van der Waals surface area contributed by atoms with Crippen molar-refractivity contribution in [1.82, 2.24) is 5.01 Å². The lowest BCUT2D eigenvalue weighted by molar-refractivity contribution is -0.121.